The first-order chi connectivity index (χ1) is 12.9. The number of aliphatic carboxylic acids is 1. The second-order valence-electron chi connectivity index (χ2n) is 5.90. The van der Waals surface area contributed by atoms with Gasteiger partial charge < -0.3 is 15.5 Å². The average Bonchev–Trinajstić information content (AvgIpc) is 2.66. The van der Waals surface area contributed by atoms with Crippen molar-refractivity contribution in [2.24, 2.45) is 0 Å². The molecule has 0 aliphatic heterocycles. The van der Waals surface area contributed by atoms with E-state index in [1.165, 1.54) is 31.2 Å². The molecule has 0 spiro atoms. The molecule has 9 heteroatoms. The van der Waals surface area contributed by atoms with Crippen LogP contribution in [0.25, 0.3) is 10.9 Å². The zero-order valence-electron chi connectivity index (χ0n) is 14.2. The van der Waals surface area contributed by atoms with Crippen LogP contribution in [-0.2, 0) is 9.59 Å². The maximum Gasteiger partial charge on any atom is 0.330 e. The van der Waals surface area contributed by atoms with Crippen LogP contribution in [-0.4, -0.2) is 37.1 Å². The number of rotatable bonds is 5. The molecular formula is C18H16N4O5. The van der Waals surface area contributed by atoms with Gasteiger partial charge in [-0.05, 0) is 36.8 Å². The Hall–Kier alpha value is -3.75. The lowest BCUT2D eigenvalue weighted by molar-refractivity contribution is -0.142. The molecule has 2 atom stereocenters. The smallest absolute Gasteiger partial charge is 0.330 e. The highest BCUT2D eigenvalue weighted by Gasteiger charge is 2.26. The van der Waals surface area contributed by atoms with Crippen molar-refractivity contribution in [2.75, 3.05) is 0 Å². The molecule has 1 amide bonds. The standard InChI is InChI=1S/C18H16N4O5/c1-10(22-17(25)13-4-2-3-5-14(13)20-21-22)16(24)19-15(18(26)27)11-6-8-12(23)9-7-11/h2-10,15,23H,1H3,(H,19,24)(H,26,27)/t10?,15-/m1/s1. The van der Waals surface area contributed by atoms with Gasteiger partial charge in [-0.1, -0.05) is 29.5 Å². The maximum absolute atomic E-state index is 12.5. The van der Waals surface area contributed by atoms with Gasteiger partial charge in [-0.25, -0.2) is 4.79 Å². The van der Waals surface area contributed by atoms with Gasteiger partial charge in [-0.3, -0.25) is 9.59 Å². The monoisotopic (exact) mass is 368 g/mol. The minimum atomic E-state index is -1.34. The van der Waals surface area contributed by atoms with Crippen LogP contribution in [0.5, 0.6) is 5.75 Å². The van der Waals surface area contributed by atoms with Crippen molar-refractivity contribution in [3.63, 3.8) is 0 Å². The lowest BCUT2D eigenvalue weighted by Crippen LogP contribution is -2.41. The van der Waals surface area contributed by atoms with Gasteiger partial charge in [0.05, 0.1) is 5.39 Å². The Bertz CT molecular complexity index is 1060. The highest BCUT2D eigenvalue weighted by molar-refractivity contribution is 5.86. The van der Waals surface area contributed by atoms with E-state index < -0.39 is 29.5 Å². The molecule has 0 aliphatic rings. The third kappa shape index (κ3) is 3.61. The summed E-state index contributed by atoms with van der Waals surface area (Å²) in [6.07, 6.45) is 0. The second-order valence-corrected chi connectivity index (χ2v) is 5.90. The molecule has 0 aliphatic carbocycles. The number of hydrogen-bond donors (Lipinski definition) is 3. The van der Waals surface area contributed by atoms with E-state index in [0.29, 0.717) is 10.9 Å². The number of carbonyl (C=O) groups is 2. The van der Waals surface area contributed by atoms with Gasteiger partial charge in [-0.15, -0.1) is 5.10 Å². The molecule has 9 nitrogen and oxygen atoms in total. The molecule has 3 aromatic rings. The third-order valence-corrected chi connectivity index (χ3v) is 4.10. The lowest BCUT2D eigenvalue weighted by Gasteiger charge is -2.18. The number of carbonyl (C=O) groups excluding carboxylic acids is 1. The van der Waals surface area contributed by atoms with Gasteiger partial charge in [0.25, 0.3) is 5.56 Å². The van der Waals surface area contributed by atoms with Gasteiger partial charge in [0.1, 0.15) is 17.3 Å². The predicted molar refractivity (Wildman–Crippen MR) is 95.1 cm³/mol. The highest BCUT2D eigenvalue weighted by atomic mass is 16.4. The average molecular weight is 368 g/mol. The van der Waals surface area contributed by atoms with Crippen LogP contribution in [0.4, 0.5) is 0 Å². The van der Waals surface area contributed by atoms with Crippen LogP contribution in [0, 0.1) is 0 Å². The summed E-state index contributed by atoms with van der Waals surface area (Å²) in [7, 11) is 0. The molecule has 0 saturated carbocycles. The number of amides is 1. The Morgan fingerprint density at radius 2 is 1.78 bits per heavy atom. The molecule has 1 aromatic heterocycles. The van der Waals surface area contributed by atoms with Crippen LogP contribution in [0.1, 0.15) is 24.6 Å². The normalized spacial score (nSPS) is 13.1. The van der Waals surface area contributed by atoms with Crippen LogP contribution in [0.15, 0.2) is 53.3 Å². The van der Waals surface area contributed by atoms with E-state index >= 15 is 0 Å². The number of aromatic hydroxyl groups is 1. The zero-order chi connectivity index (χ0) is 19.6. The van der Waals surface area contributed by atoms with Crippen molar-refractivity contribution >= 4 is 22.8 Å². The fourth-order valence-electron chi connectivity index (χ4n) is 2.58. The number of fused-ring (bicyclic) bond motifs is 1. The molecule has 3 rings (SSSR count). The fourth-order valence-corrected chi connectivity index (χ4v) is 2.58. The van der Waals surface area contributed by atoms with Crippen LogP contribution < -0.4 is 10.9 Å². The summed E-state index contributed by atoms with van der Waals surface area (Å²) in [5.41, 5.74) is 0.177. The first-order valence-electron chi connectivity index (χ1n) is 8.05. The van der Waals surface area contributed by atoms with Crippen molar-refractivity contribution in [1.29, 1.82) is 0 Å². The van der Waals surface area contributed by atoms with Crippen LogP contribution >= 0.6 is 0 Å². The quantitative estimate of drug-likeness (QED) is 0.611. The van der Waals surface area contributed by atoms with Crippen molar-refractivity contribution < 1.29 is 19.8 Å². The Morgan fingerprint density at radius 3 is 2.44 bits per heavy atom. The summed E-state index contributed by atoms with van der Waals surface area (Å²) < 4.78 is 0.910. The van der Waals surface area contributed by atoms with Crippen molar-refractivity contribution in [3.8, 4) is 5.75 Å². The maximum atomic E-state index is 12.5. The molecule has 0 saturated heterocycles. The highest BCUT2D eigenvalue weighted by Crippen LogP contribution is 2.18. The Labute approximate surface area is 152 Å². The summed E-state index contributed by atoms with van der Waals surface area (Å²) in [6, 6.07) is 9.59. The van der Waals surface area contributed by atoms with E-state index in [9.17, 15) is 24.6 Å². The van der Waals surface area contributed by atoms with E-state index in [1.807, 2.05) is 0 Å². The molecule has 2 aromatic carbocycles. The van der Waals surface area contributed by atoms with Crippen molar-refractivity contribution in [3.05, 3.63) is 64.4 Å². The topological polar surface area (TPSA) is 134 Å². The molecule has 27 heavy (non-hydrogen) atoms. The Morgan fingerprint density at radius 1 is 1.11 bits per heavy atom. The zero-order valence-corrected chi connectivity index (χ0v) is 14.2. The fraction of sp³-hybridized carbons (Fsp3) is 0.167. The minimum Gasteiger partial charge on any atom is -0.508 e. The summed E-state index contributed by atoms with van der Waals surface area (Å²) in [4.78, 5) is 36.6. The first-order valence-corrected chi connectivity index (χ1v) is 8.05. The van der Waals surface area contributed by atoms with E-state index in [0.717, 1.165) is 4.68 Å². The molecular weight excluding hydrogens is 352 g/mol. The number of phenolic OH excluding ortho intramolecular Hbond substituents is 1. The van der Waals surface area contributed by atoms with E-state index in [-0.39, 0.29) is 11.3 Å². The van der Waals surface area contributed by atoms with Crippen LogP contribution in [0.2, 0.25) is 0 Å². The van der Waals surface area contributed by atoms with Crippen molar-refractivity contribution in [2.45, 2.75) is 19.0 Å². The summed E-state index contributed by atoms with van der Waals surface area (Å²) in [5.74, 6) is -2.01. The molecule has 1 heterocycles. The number of nitrogens with one attached hydrogen (secondary N) is 1. The molecule has 0 fully saturated rings. The largest absolute Gasteiger partial charge is 0.508 e. The van der Waals surface area contributed by atoms with Gasteiger partial charge in [-0.2, -0.15) is 4.68 Å². The molecule has 0 radical (unpaired) electrons. The number of carboxylic acid groups (broad SMARTS) is 1. The Kier molecular flexibility index (Phi) is 4.84. The summed E-state index contributed by atoms with van der Waals surface area (Å²) >= 11 is 0. The predicted octanol–water partition coefficient (Wildman–Crippen LogP) is 1.00. The number of hydrogen-bond acceptors (Lipinski definition) is 6. The van der Waals surface area contributed by atoms with Gasteiger partial charge in [0, 0.05) is 0 Å². The summed E-state index contributed by atoms with van der Waals surface area (Å²) in [5, 5.41) is 29.1. The number of benzene rings is 2. The third-order valence-electron chi connectivity index (χ3n) is 4.10. The van der Waals surface area contributed by atoms with Gasteiger partial charge in [0.15, 0.2) is 6.04 Å². The molecule has 3 N–H and O–H groups in total. The SMILES string of the molecule is CC(C(=O)N[C@@H](C(=O)O)c1ccc(O)cc1)n1nnc2ccccc2c1=O. The second kappa shape index (κ2) is 7.24. The molecule has 0 bridgehead atoms. The summed E-state index contributed by atoms with van der Waals surface area (Å²) in [6.45, 7) is 1.43. The number of carboxylic acids is 1. The van der Waals surface area contributed by atoms with E-state index in [1.54, 1.807) is 24.3 Å². The molecule has 1 unspecified atom stereocenters. The van der Waals surface area contributed by atoms with Crippen molar-refractivity contribution in [1.82, 2.24) is 20.3 Å². The minimum absolute atomic E-state index is 0.0272. The van der Waals surface area contributed by atoms with Gasteiger partial charge >= 0.3 is 5.97 Å². The lowest BCUT2D eigenvalue weighted by atomic mass is 10.1. The first kappa shape index (κ1) is 18.1. The van der Waals surface area contributed by atoms with Crippen LogP contribution in [0.3, 0.4) is 0 Å². The number of nitrogens with zero attached hydrogens (tertiary/aromatic N) is 3. The van der Waals surface area contributed by atoms with Gasteiger partial charge in [0.2, 0.25) is 5.91 Å². The Balaban J connectivity index is 1.88. The number of aromatic nitrogens is 3. The molecule has 138 valence electrons. The number of phenols is 1. The van der Waals surface area contributed by atoms with E-state index in [2.05, 4.69) is 15.6 Å². The van der Waals surface area contributed by atoms with E-state index in [4.69, 9.17) is 0 Å².